The first-order chi connectivity index (χ1) is 8.25. The number of thioether (sulfide) groups is 1. The summed E-state index contributed by atoms with van der Waals surface area (Å²) < 4.78 is 2.27. The zero-order chi connectivity index (χ0) is 11.8. The molecular formula is C11H12N4S2. The molecule has 1 atom stereocenters. The Morgan fingerprint density at radius 2 is 2.41 bits per heavy atom. The van der Waals surface area contributed by atoms with Crippen LogP contribution >= 0.6 is 24.0 Å². The second-order valence-corrected chi connectivity index (χ2v) is 5.39. The van der Waals surface area contributed by atoms with E-state index in [1.807, 2.05) is 18.2 Å². The fraction of sp³-hybridized carbons (Fsp3) is 0.273. The van der Waals surface area contributed by atoms with Gasteiger partial charge in [0.1, 0.15) is 0 Å². The molecule has 3 N–H and O–H groups in total. The van der Waals surface area contributed by atoms with E-state index in [2.05, 4.69) is 20.9 Å². The van der Waals surface area contributed by atoms with Gasteiger partial charge in [0.2, 0.25) is 0 Å². The molecule has 4 nitrogen and oxygen atoms in total. The molecule has 17 heavy (non-hydrogen) atoms. The highest BCUT2D eigenvalue weighted by atomic mass is 32.2. The van der Waals surface area contributed by atoms with Crippen LogP contribution in [0, 0.1) is 0 Å². The van der Waals surface area contributed by atoms with E-state index < -0.39 is 0 Å². The normalized spacial score (nSPS) is 18.2. The van der Waals surface area contributed by atoms with Gasteiger partial charge < -0.3 is 15.6 Å². The van der Waals surface area contributed by atoms with Gasteiger partial charge in [0.25, 0.3) is 0 Å². The third-order valence-electron chi connectivity index (χ3n) is 2.85. The van der Waals surface area contributed by atoms with Gasteiger partial charge in [-0.1, -0.05) is 23.9 Å². The molecule has 0 saturated carbocycles. The molecule has 2 heterocycles. The summed E-state index contributed by atoms with van der Waals surface area (Å²) in [5.74, 6) is 1.02. The number of nitrogens with two attached hydrogens (primary N) is 1. The maximum absolute atomic E-state index is 5.47. The van der Waals surface area contributed by atoms with Gasteiger partial charge in [-0.25, -0.2) is 4.98 Å². The summed E-state index contributed by atoms with van der Waals surface area (Å²) in [6, 6.07) is 8.56. The van der Waals surface area contributed by atoms with Crippen LogP contribution in [0.15, 0.2) is 29.4 Å². The fourth-order valence-electron chi connectivity index (χ4n) is 2.09. The predicted octanol–water partition coefficient (Wildman–Crippen LogP) is 1.52. The van der Waals surface area contributed by atoms with Crippen LogP contribution in [0.2, 0.25) is 0 Å². The summed E-state index contributed by atoms with van der Waals surface area (Å²) >= 11 is 6.62. The number of nitrogens with one attached hydrogen (secondary N) is 1. The topological polar surface area (TPSA) is 55.9 Å². The van der Waals surface area contributed by atoms with E-state index in [1.165, 1.54) is 5.52 Å². The standard InChI is InChI=1S/C11H12N4S2/c12-10(16)13-5-7-6-17-11-14-8-3-1-2-4-9(8)15(7)11/h1-4,7H,5-6H2,(H3,12,13,16). The predicted molar refractivity (Wildman–Crippen MR) is 74.3 cm³/mol. The van der Waals surface area contributed by atoms with Crippen LogP contribution in [-0.4, -0.2) is 27.0 Å². The van der Waals surface area contributed by atoms with Crippen LogP contribution in [0.5, 0.6) is 0 Å². The number of thiocarbonyl (C=S) groups is 1. The van der Waals surface area contributed by atoms with Gasteiger partial charge in [-0.05, 0) is 24.4 Å². The summed E-state index contributed by atoms with van der Waals surface area (Å²) in [6.07, 6.45) is 0. The maximum atomic E-state index is 5.47. The molecule has 1 aromatic carbocycles. The maximum Gasteiger partial charge on any atom is 0.169 e. The van der Waals surface area contributed by atoms with E-state index in [1.54, 1.807) is 11.8 Å². The molecule has 0 aliphatic carbocycles. The molecule has 0 amide bonds. The minimum atomic E-state index is 0.355. The Labute approximate surface area is 109 Å². The first kappa shape index (κ1) is 10.9. The molecule has 0 fully saturated rings. The molecule has 0 bridgehead atoms. The number of aromatic nitrogens is 2. The molecular weight excluding hydrogens is 252 g/mol. The lowest BCUT2D eigenvalue weighted by molar-refractivity contribution is 0.540. The molecule has 0 saturated heterocycles. The van der Waals surface area contributed by atoms with E-state index in [4.69, 9.17) is 18.0 Å². The smallest absolute Gasteiger partial charge is 0.169 e. The molecule has 3 rings (SSSR count). The molecule has 6 heteroatoms. The van der Waals surface area contributed by atoms with Gasteiger partial charge in [-0.2, -0.15) is 0 Å². The molecule has 1 aliphatic rings. The van der Waals surface area contributed by atoms with Crippen molar-refractivity contribution < 1.29 is 0 Å². The summed E-state index contributed by atoms with van der Waals surface area (Å²) in [4.78, 5) is 4.60. The van der Waals surface area contributed by atoms with Crippen molar-refractivity contribution >= 4 is 40.1 Å². The summed E-state index contributed by atoms with van der Waals surface area (Å²) in [7, 11) is 0. The van der Waals surface area contributed by atoms with Crippen molar-refractivity contribution in [3.63, 3.8) is 0 Å². The second-order valence-electron chi connectivity index (χ2n) is 3.96. The Bertz CT molecular complexity index is 578. The van der Waals surface area contributed by atoms with E-state index >= 15 is 0 Å². The fourth-order valence-corrected chi connectivity index (χ4v) is 3.33. The zero-order valence-electron chi connectivity index (χ0n) is 9.09. The molecule has 2 aromatic rings. The van der Waals surface area contributed by atoms with E-state index in [9.17, 15) is 0 Å². The summed E-state index contributed by atoms with van der Waals surface area (Å²) in [5.41, 5.74) is 7.70. The quantitative estimate of drug-likeness (QED) is 0.805. The molecule has 0 radical (unpaired) electrons. The summed E-state index contributed by atoms with van der Waals surface area (Å²) in [5, 5.41) is 4.47. The van der Waals surface area contributed by atoms with Crippen LogP contribution in [0.3, 0.4) is 0 Å². The third kappa shape index (κ3) is 1.87. The first-order valence-corrected chi connectivity index (χ1v) is 6.78. The van der Waals surface area contributed by atoms with Crippen molar-refractivity contribution in [3.8, 4) is 0 Å². The van der Waals surface area contributed by atoms with Gasteiger partial charge >= 0.3 is 0 Å². The highest BCUT2D eigenvalue weighted by Crippen LogP contribution is 2.36. The van der Waals surface area contributed by atoms with Crippen molar-refractivity contribution in [1.82, 2.24) is 14.9 Å². The first-order valence-electron chi connectivity index (χ1n) is 5.39. The lowest BCUT2D eigenvalue weighted by Crippen LogP contribution is -2.34. The minimum absolute atomic E-state index is 0.355. The minimum Gasteiger partial charge on any atom is -0.376 e. The average Bonchev–Trinajstić information content (AvgIpc) is 2.84. The van der Waals surface area contributed by atoms with E-state index in [0.29, 0.717) is 11.2 Å². The largest absolute Gasteiger partial charge is 0.376 e. The number of hydrogen-bond acceptors (Lipinski definition) is 3. The van der Waals surface area contributed by atoms with Crippen molar-refractivity contribution in [2.24, 2.45) is 5.73 Å². The van der Waals surface area contributed by atoms with Crippen LogP contribution < -0.4 is 11.1 Å². The highest BCUT2D eigenvalue weighted by Gasteiger charge is 2.26. The van der Waals surface area contributed by atoms with Crippen molar-refractivity contribution in [2.45, 2.75) is 11.2 Å². The Hall–Kier alpha value is -1.27. The van der Waals surface area contributed by atoms with Crippen LogP contribution in [0.4, 0.5) is 0 Å². The number of para-hydroxylation sites is 2. The van der Waals surface area contributed by atoms with Crippen LogP contribution in [0.1, 0.15) is 6.04 Å². The number of imidazole rings is 1. The van der Waals surface area contributed by atoms with Crippen molar-refractivity contribution in [2.75, 3.05) is 12.3 Å². The molecule has 1 aliphatic heterocycles. The highest BCUT2D eigenvalue weighted by molar-refractivity contribution is 7.99. The van der Waals surface area contributed by atoms with Gasteiger partial charge in [0.15, 0.2) is 10.3 Å². The lowest BCUT2D eigenvalue weighted by atomic mass is 10.3. The van der Waals surface area contributed by atoms with Crippen LogP contribution in [-0.2, 0) is 0 Å². The Morgan fingerprint density at radius 3 is 3.24 bits per heavy atom. The van der Waals surface area contributed by atoms with Gasteiger partial charge in [-0.3, -0.25) is 0 Å². The van der Waals surface area contributed by atoms with Gasteiger partial charge in [0, 0.05) is 12.3 Å². The monoisotopic (exact) mass is 264 g/mol. The zero-order valence-corrected chi connectivity index (χ0v) is 10.7. The van der Waals surface area contributed by atoms with E-state index in [0.717, 1.165) is 23.0 Å². The number of nitrogens with zero attached hydrogens (tertiary/aromatic N) is 2. The molecule has 0 spiro atoms. The molecule has 1 aromatic heterocycles. The van der Waals surface area contributed by atoms with Crippen molar-refractivity contribution in [1.29, 1.82) is 0 Å². The number of hydrogen-bond donors (Lipinski definition) is 2. The second kappa shape index (κ2) is 4.19. The summed E-state index contributed by atoms with van der Waals surface area (Å²) in [6.45, 7) is 0.760. The Morgan fingerprint density at radius 1 is 1.59 bits per heavy atom. The third-order valence-corrected chi connectivity index (χ3v) is 4.09. The average molecular weight is 264 g/mol. The van der Waals surface area contributed by atoms with E-state index in [-0.39, 0.29) is 0 Å². The Kier molecular flexibility index (Phi) is 2.68. The SMILES string of the molecule is NC(=S)NCC1CSc2nc3ccccc3n21. The van der Waals surface area contributed by atoms with Crippen LogP contribution in [0.25, 0.3) is 11.0 Å². The van der Waals surface area contributed by atoms with Crippen molar-refractivity contribution in [3.05, 3.63) is 24.3 Å². The van der Waals surface area contributed by atoms with Gasteiger partial charge in [0.05, 0.1) is 17.1 Å². The number of rotatable bonds is 2. The van der Waals surface area contributed by atoms with Gasteiger partial charge in [-0.15, -0.1) is 0 Å². The molecule has 88 valence electrons. The molecule has 1 unspecified atom stereocenters. The number of benzene rings is 1. The lowest BCUT2D eigenvalue weighted by Gasteiger charge is -2.14. The number of fused-ring (bicyclic) bond motifs is 3. The Balaban J connectivity index is 1.97.